The second-order valence-electron chi connectivity index (χ2n) is 5.17. The number of non-ortho nitro benzene ring substituents is 1. The molecule has 0 unspecified atom stereocenters. The van der Waals surface area contributed by atoms with Crippen LogP contribution in [0.25, 0.3) is 0 Å². The molecule has 0 saturated heterocycles. The lowest BCUT2D eigenvalue weighted by atomic mass is 9.97. The molecule has 1 N–H and O–H groups in total. The van der Waals surface area contributed by atoms with Gasteiger partial charge in [0.15, 0.2) is 0 Å². The normalized spacial score (nSPS) is 11.1. The third-order valence-corrected chi connectivity index (χ3v) is 3.87. The van der Waals surface area contributed by atoms with Gasteiger partial charge < -0.3 is 5.11 Å². The van der Waals surface area contributed by atoms with Gasteiger partial charge in [0.25, 0.3) is 5.69 Å². The van der Waals surface area contributed by atoms with E-state index in [0.29, 0.717) is 11.4 Å². The van der Waals surface area contributed by atoms with Gasteiger partial charge in [-0.25, -0.2) is 0 Å². The molecule has 0 spiro atoms. The number of phenols is 1. The van der Waals surface area contributed by atoms with E-state index in [1.54, 1.807) is 12.1 Å². The summed E-state index contributed by atoms with van der Waals surface area (Å²) in [7, 11) is 0. The van der Waals surface area contributed by atoms with E-state index in [-0.39, 0.29) is 11.4 Å². The molecule has 6 heteroatoms. The predicted octanol–water partition coefficient (Wildman–Crippen LogP) is 4.95. The lowest BCUT2D eigenvalue weighted by Gasteiger charge is -2.13. The number of azo groups is 1. The summed E-state index contributed by atoms with van der Waals surface area (Å²) < 4.78 is 0. The number of nitrogens with zero attached hydrogens (tertiary/aromatic N) is 3. The van der Waals surface area contributed by atoms with E-state index < -0.39 is 4.92 Å². The fourth-order valence-electron chi connectivity index (χ4n) is 2.17. The molecule has 0 aliphatic heterocycles. The second kappa shape index (κ2) is 5.93. The largest absolute Gasteiger partial charge is 0.507 e. The van der Waals surface area contributed by atoms with Crippen LogP contribution in [0, 0.1) is 37.8 Å². The summed E-state index contributed by atoms with van der Waals surface area (Å²) in [5.41, 5.74) is 4.56. The van der Waals surface area contributed by atoms with Crippen molar-refractivity contribution in [1.82, 2.24) is 0 Å². The Morgan fingerprint density at radius 2 is 1.41 bits per heavy atom. The fraction of sp³-hybridized carbons (Fsp3) is 0.250. The lowest BCUT2D eigenvalue weighted by Crippen LogP contribution is -1.91. The summed E-state index contributed by atoms with van der Waals surface area (Å²) in [6.07, 6.45) is 0. The fourth-order valence-corrected chi connectivity index (χ4v) is 2.17. The zero-order valence-corrected chi connectivity index (χ0v) is 12.9. The van der Waals surface area contributed by atoms with Crippen molar-refractivity contribution in [1.29, 1.82) is 0 Å². The number of aromatic hydroxyl groups is 1. The Morgan fingerprint density at radius 1 is 0.909 bits per heavy atom. The highest BCUT2D eigenvalue weighted by atomic mass is 16.6. The van der Waals surface area contributed by atoms with Crippen LogP contribution in [0.15, 0.2) is 34.5 Å². The molecule has 0 atom stereocenters. The van der Waals surface area contributed by atoms with Gasteiger partial charge in [-0.2, -0.15) is 5.11 Å². The van der Waals surface area contributed by atoms with Crippen LogP contribution in [0.3, 0.4) is 0 Å². The monoisotopic (exact) mass is 299 g/mol. The van der Waals surface area contributed by atoms with Crippen LogP contribution in [0.4, 0.5) is 17.1 Å². The summed E-state index contributed by atoms with van der Waals surface area (Å²) in [4.78, 5) is 10.2. The van der Waals surface area contributed by atoms with Crippen molar-refractivity contribution < 1.29 is 10.0 Å². The first kappa shape index (κ1) is 15.6. The van der Waals surface area contributed by atoms with Crippen molar-refractivity contribution >= 4 is 17.1 Å². The highest BCUT2D eigenvalue weighted by Gasteiger charge is 2.13. The van der Waals surface area contributed by atoms with Crippen molar-refractivity contribution in [3.63, 3.8) is 0 Å². The molecule has 0 radical (unpaired) electrons. The van der Waals surface area contributed by atoms with Crippen molar-refractivity contribution in [2.24, 2.45) is 10.2 Å². The van der Waals surface area contributed by atoms with Crippen LogP contribution < -0.4 is 0 Å². The van der Waals surface area contributed by atoms with Gasteiger partial charge in [0.2, 0.25) is 0 Å². The van der Waals surface area contributed by atoms with E-state index in [9.17, 15) is 15.2 Å². The van der Waals surface area contributed by atoms with Crippen molar-refractivity contribution in [2.45, 2.75) is 27.7 Å². The van der Waals surface area contributed by atoms with E-state index in [1.807, 2.05) is 27.7 Å². The van der Waals surface area contributed by atoms with Crippen LogP contribution in [0.5, 0.6) is 5.75 Å². The molecule has 114 valence electrons. The molecule has 0 bridgehead atoms. The van der Waals surface area contributed by atoms with Crippen LogP contribution in [-0.2, 0) is 0 Å². The zero-order valence-electron chi connectivity index (χ0n) is 12.9. The number of rotatable bonds is 3. The minimum atomic E-state index is -0.456. The van der Waals surface area contributed by atoms with Gasteiger partial charge in [-0.3, -0.25) is 10.1 Å². The highest BCUT2D eigenvalue weighted by molar-refractivity contribution is 5.63. The Bertz CT molecular complexity index is 736. The van der Waals surface area contributed by atoms with Gasteiger partial charge in [0.05, 0.1) is 16.3 Å². The Balaban J connectivity index is 2.40. The van der Waals surface area contributed by atoms with Gasteiger partial charge in [-0.05, 0) is 62.1 Å². The third-order valence-electron chi connectivity index (χ3n) is 3.87. The molecule has 2 rings (SSSR count). The predicted molar refractivity (Wildman–Crippen MR) is 84.3 cm³/mol. The van der Waals surface area contributed by atoms with E-state index >= 15 is 0 Å². The van der Waals surface area contributed by atoms with Gasteiger partial charge in [0, 0.05) is 12.1 Å². The average molecular weight is 299 g/mol. The Kier molecular flexibility index (Phi) is 4.21. The minimum absolute atomic E-state index is 0.0163. The molecular weight excluding hydrogens is 282 g/mol. The van der Waals surface area contributed by atoms with Crippen LogP contribution >= 0.6 is 0 Å². The maximum absolute atomic E-state index is 10.6. The smallest absolute Gasteiger partial charge is 0.269 e. The van der Waals surface area contributed by atoms with E-state index in [4.69, 9.17) is 0 Å². The van der Waals surface area contributed by atoms with E-state index in [1.165, 1.54) is 12.1 Å². The third kappa shape index (κ3) is 2.81. The van der Waals surface area contributed by atoms with Gasteiger partial charge in [-0.15, -0.1) is 5.11 Å². The Morgan fingerprint density at radius 3 is 1.86 bits per heavy atom. The maximum Gasteiger partial charge on any atom is 0.269 e. The average Bonchev–Trinajstić information content (AvgIpc) is 2.51. The van der Waals surface area contributed by atoms with Crippen molar-refractivity contribution in [3.05, 3.63) is 56.6 Å². The molecule has 0 aliphatic rings. The Hall–Kier alpha value is -2.76. The number of benzene rings is 2. The van der Waals surface area contributed by atoms with Crippen LogP contribution in [0.1, 0.15) is 22.3 Å². The first-order chi connectivity index (χ1) is 10.3. The maximum atomic E-state index is 10.6. The molecule has 2 aromatic carbocycles. The summed E-state index contributed by atoms with van der Waals surface area (Å²) in [5, 5.41) is 29.0. The molecule has 6 nitrogen and oxygen atoms in total. The SMILES string of the molecule is Cc1c(C)c(N=Nc2ccc([N+](=O)[O-])cc2)c(C)c(C)c1O. The lowest BCUT2D eigenvalue weighted by molar-refractivity contribution is -0.384. The zero-order chi connectivity index (χ0) is 16.4. The first-order valence-electron chi connectivity index (χ1n) is 6.78. The van der Waals surface area contributed by atoms with Crippen LogP contribution in [0.2, 0.25) is 0 Å². The molecule has 0 heterocycles. The second-order valence-corrected chi connectivity index (χ2v) is 5.17. The molecular formula is C16H17N3O3. The summed E-state index contributed by atoms with van der Waals surface area (Å²) >= 11 is 0. The number of nitro benzene ring substituents is 1. The minimum Gasteiger partial charge on any atom is -0.507 e. The molecule has 22 heavy (non-hydrogen) atoms. The van der Waals surface area contributed by atoms with Gasteiger partial charge in [-0.1, -0.05) is 0 Å². The van der Waals surface area contributed by atoms with Crippen molar-refractivity contribution in [3.8, 4) is 5.75 Å². The quantitative estimate of drug-likeness (QED) is 0.494. The summed E-state index contributed by atoms with van der Waals surface area (Å²) in [6.45, 7) is 7.43. The van der Waals surface area contributed by atoms with Gasteiger partial charge in [0.1, 0.15) is 5.75 Å². The van der Waals surface area contributed by atoms with Crippen molar-refractivity contribution in [2.75, 3.05) is 0 Å². The number of nitro groups is 1. The number of phenolic OH excluding ortho intramolecular Hbond substituents is 1. The van der Waals surface area contributed by atoms with Crippen LogP contribution in [-0.4, -0.2) is 10.0 Å². The molecule has 0 saturated carbocycles. The molecule has 0 aliphatic carbocycles. The summed E-state index contributed by atoms with van der Waals surface area (Å²) in [6, 6.07) is 5.88. The number of hydrogen-bond donors (Lipinski definition) is 1. The first-order valence-corrected chi connectivity index (χ1v) is 6.78. The van der Waals surface area contributed by atoms with E-state index in [0.717, 1.165) is 22.3 Å². The topological polar surface area (TPSA) is 88.1 Å². The van der Waals surface area contributed by atoms with E-state index in [2.05, 4.69) is 10.2 Å². The summed E-state index contributed by atoms with van der Waals surface area (Å²) in [5.74, 6) is 0.282. The molecule has 2 aromatic rings. The molecule has 0 aromatic heterocycles. The standard InChI is InChI=1S/C16H17N3O3/c1-9-11(3)16(20)12(4)10(2)15(9)18-17-13-5-7-14(8-6-13)19(21)22/h5-8,20H,1-4H3. The molecule has 0 fully saturated rings. The van der Waals surface area contributed by atoms with Gasteiger partial charge >= 0.3 is 0 Å². The molecule has 0 amide bonds. The Labute approximate surface area is 128 Å². The highest BCUT2D eigenvalue weighted by Crippen LogP contribution is 2.37. The number of hydrogen-bond acceptors (Lipinski definition) is 5.